The first-order valence-electron chi connectivity index (χ1n) is 6.02. The zero-order valence-corrected chi connectivity index (χ0v) is 12.3. The van der Waals surface area contributed by atoms with Crippen LogP contribution in [-0.4, -0.2) is 15.2 Å². The molecule has 1 aromatic heterocycles. The lowest BCUT2D eigenvalue weighted by Gasteiger charge is -2.12. The van der Waals surface area contributed by atoms with Gasteiger partial charge in [0.1, 0.15) is 5.75 Å². The van der Waals surface area contributed by atoms with Crippen molar-refractivity contribution in [2.24, 2.45) is 0 Å². The van der Waals surface area contributed by atoms with Crippen LogP contribution < -0.4 is 4.74 Å². The van der Waals surface area contributed by atoms with E-state index in [0.717, 1.165) is 4.47 Å². The van der Waals surface area contributed by atoms with Gasteiger partial charge in [-0.15, -0.1) is 0 Å². The molecule has 0 aliphatic rings. The highest BCUT2D eigenvalue weighted by atomic mass is 79.9. The maximum Gasteiger partial charge on any atom is 0.226 e. The summed E-state index contributed by atoms with van der Waals surface area (Å²) in [7, 11) is 0. The fourth-order valence-corrected chi connectivity index (χ4v) is 1.99. The number of benzene rings is 1. The number of rotatable bonds is 5. The zero-order valence-electron chi connectivity index (χ0n) is 10.8. The van der Waals surface area contributed by atoms with Gasteiger partial charge in [0.25, 0.3) is 0 Å². The normalized spacial score (nSPS) is 12.4. The van der Waals surface area contributed by atoms with Crippen molar-refractivity contribution in [3.8, 4) is 5.75 Å². The van der Waals surface area contributed by atoms with Gasteiger partial charge in [0.15, 0.2) is 6.61 Å². The maximum atomic E-state index is 9.72. The van der Waals surface area contributed by atoms with E-state index >= 15 is 0 Å². The van der Waals surface area contributed by atoms with Gasteiger partial charge < -0.3 is 14.4 Å². The predicted molar refractivity (Wildman–Crippen MR) is 72.8 cm³/mol. The van der Waals surface area contributed by atoms with E-state index in [-0.39, 0.29) is 6.61 Å². The van der Waals surface area contributed by atoms with Gasteiger partial charge in [0.2, 0.25) is 11.7 Å². The molecular formula is C13H15BrN2O3. The van der Waals surface area contributed by atoms with E-state index in [1.54, 1.807) is 13.0 Å². The molecule has 0 spiro atoms. The number of halogens is 1. The van der Waals surface area contributed by atoms with Gasteiger partial charge in [-0.1, -0.05) is 28.0 Å². The average molecular weight is 327 g/mol. The van der Waals surface area contributed by atoms with Crippen molar-refractivity contribution in [3.63, 3.8) is 0 Å². The summed E-state index contributed by atoms with van der Waals surface area (Å²) < 4.78 is 11.5. The lowest BCUT2D eigenvalue weighted by Crippen LogP contribution is -2.02. The second kappa shape index (κ2) is 6.16. The monoisotopic (exact) mass is 326 g/mol. The molecule has 5 nitrogen and oxygen atoms in total. The molecule has 2 rings (SSSR count). The number of aryl methyl sites for hydroxylation is 1. The van der Waals surface area contributed by atoms with Crippen molar-refractivity contribution >= 4 is 15.9 Å². The third-order valence-electron chi connectivity index (χ3n) is 2.59. The molecule has 0 fully saturated rings. The fourth-order valence-electron chi connectivity index (χ4n) is 1.61. The number of aliphatic hydroxyl groups excluding tert-OH is 1. The Hall–Kier alpha value is -1.40. The number of aromatic nitrogens is 2. The maximum absolute atomic E-state index is 9.72. The van der Waals surface area contributed by atoms with Gasteiger partial charge >= 0.3 is 0 Å². The Kier molecular flexibility index (Phi) is 4.55. The fraction of sp³-hybridized carbons (Fsp3) is 0.385. The van der Waals surface area contributed by atoms with Gasteiger partial charge in [-0.2, -0.15) is 4.98 Å². The molecule has 102 valence electrons. The second-order valence-corrected chi connectivity index (χ2v) is 5.02. The van der Waals surface area contributed by atoms with Crippen LogP contribution in [0.2, 0.25) is 0 Å². The Morgan fingerprint density at radius 2 is 2.26 bits per heavy atom. The Morgan fingerprint density at radius 3 is 2.89 bits per heavy atom. The minimum Gasteiger partial charge on any atom is -0.485 e. The first kappa shape index (κ1) is 14.0. The van der Waals surface area contributed by atoms with Gasteiger partial charge in [0, 0.05) is 16.5 Å². The molecule has 2 aromatic rings. The van der Waals surface area contributed by atoms with Crippen molar-refractivity contribution in [1.29, 1.82) is 0 Å². The van der Waals surface area contributed by atoms with E-state index in [0.29, 0.717) is 29.4 Å². The van der Waals surface area contributed by atoms with Crippen LogP contribution in [0.15, 0.2) is 27.2 Å². The molecule has 0 aliphatic carbocycles. The number of hydrogen-bond donors (Lipinski definition) is 1. The largest absolute Gasteiger partial charge is 0.485 e. The zero-order chi connectivity index (χ0) is 13.8. The molecule has 19 heavy (non-hydrogen) atoms. The Bertz CT molecular complexity index is 555. The summed E-state index contributed by atoms with van der Waals surface area (Å²) in [4.78, 5) is 4.16. The summed E-state index contributed by atoms with van der Waals surface area (Å²) in [5, 5.41) is 13.5. The Balaban J connectivity index is 2.10. The summed E-state index contributed by atoms with van der Waals surface area (Å²) in [5.74, 6) is 1.70. The molecule has 1 heterocycles. The van der Waals surface area contributed by atoms with Gasteiger partial charge in [-0.3, -0.25) is 0 Å². The van der Waals surface area contributed by atoms with E-state index in [4.69, 9.17) is 9.26 Å². The van der Waals surface area contributed by atoms with Crippen molar-refractivity contribution in [1.82, 2.24) is 10.1 Å². The molecule has 1 atom stereocenters. The highest BCUT2D eigenvalue weighted by Gasteiger charge is 2.11. The summed E-state index contributed by atoms with van der Waals surface area (Å²) >= 11 is 3.37. The summed E-state index contributed by atoms with van der Waals surface area (Å²) in [6.07, 6.45) is 0.0912. The number of nitrogens with zero attached hydrogens (tertiary/aromatic N) is 2. The van der Waals surface area contributed by atoms with Gasteiger partial charge in [-0.05, 0) is 25.1 Å². The van der Waals surface area contributed by atoms with Crippen LogP contribution in [0.1, 0.15) is 37.2 Å². The lowest BCUT2D eigenvalue weighted by atomic mass is 10.1. The summed E-state index contributed by atoms with van der Waals surface area (Å²) in [6.45, 7) is 3.85. The van der Waals surface area contributed by atoms with E-state index in [9.17, 15) is 5.11 Å². The van der Waals surface area contributed by atoms with E-state index in [2.05, 4.69) is 26.1 Å². The SMILES string of the molecule is CCc1nc(COc2ccc(Br)cc2[C@H](C)O)no1. The molecule has 6 heteroatoms. The quantitative estimate of drug-likeness (QED) is 0.914. The molecule has 0 saturated heterocycles. The Morgan fingerprint density at radius 1 is 1.47 bits per heavy atom. The van der Waals surface area contributed by atoms with E-state index in [1.165, 1.54) is 0 Å². The van der Waals surface area contributed by atoms with E-state index in [1.807, 2.05) is 19.1 Å². The van der Waals surface area contributed by atoms with E-state index < -0.39 is 6.10 Å². The smallest absolute Gasteiger partial charge is 0.226 e. The molecule has 0 saturated carbocycles. The Labute approximate surface area is 119 Å². The minimum atomic E-state index is -0.607. The van der Waals surface area contributed by atoms with Crippen LogP contribution in [-0.2, 0) is 13.0 Å². The van der Waals surface area contributed by atoms with Gasteiger partial charge in [-0.25, -0.2) is 0 Å². The standard InChI is InChI=1S/C13H15BrN2O3/c1-3-13-15-12(16-19-13)7-18-11-5-4-9(14)6-10(11)8(2)17/h4-6,8,17H,3,7H2,1-2H3/t8-/m0/s1. The number of ether oxygens (including phenoxy) is 1. The number of hydrogen-bond acceptors (Lipinski definition) is 5. The second-order valence-electron chi connectivity index (χ2n) is 4.10. The van der Waals surface area contributed by atoms with Gasteiger partial charge in [0.05, 0.1) is 6.10 Å². The molecule has 0 radical (unpaired) electrons. The molecule has 1 N–H and O–H groups in total. The van der Waals surface area contributed by atoms with Crippen LogP contribution in [0.4, 0.5) is 0 Å². The highest BCUT2D eigenvalue weighted by Crippen LogP contribution is 2.28. The highest BCUT2D eigenvalue weighted by molar-refractivity contribution is 9.10. The molecule has 0 aliphatic heterocycles. The number of aliphatic hydroxyl groups is 1. The van der Waals surface area contributed by atoms with Crippen molar-refractivity contribution in [3.05, 3.63) is 40.0 Å². The van der Waals surface area contributed by atoms with Crippen LogP contribution >= 0.6 is 15.9 Å². The minimum absolute atomic E-state index is 0.213. The van der Waals surface area contributed by atoms with Crippen molar-refractivity contribution in [2.45, 2.75) is 33.0 Å². The van der Waals surface area contributed by atoms with Crippen LogP contribution in [0.3, 0.4) is 0 Å². The van der Waals surface area contributed by atoms with Crippen molar-refractivity contribution < 1.29 is 14.4 Å². The van der Waals surface area contributed by atoms with Crippen LogP contribution in [0.25, 0.3) is 0 Å². The molecule has 0 unspecified atom stereocenters. The first-order valence-corrected chi connectivity index (χ1v) is 6.81. The third-order valence-corrected chi connectivity index (χ3v) is 3.08. The molecule has 0 amide bonds. The van der Waals surface area contributed by atoms with Crippen LogP contribution in [0.5, 0.6) is 5.75 Å². The summed E-state index contributed by atoms with van der Waals surface area (Å²) in [6, 6.07) is 5.48. The topological polar surface area (TPSA) is 68.4 Å². The molecular weight excluding hydrogens is 312 g/mol. The van der Waals surface area contributed by atoms with Crippen molar-refractivity contribution in [2.75, 3.05) is 0 Å². The summed E-state index contributed by atoms with van der Waals surface area (Å²) in [5.41, 5.74) is 0.716. The lowest BCUT2D eigenvalue weighted by molar-refractivity contribution is 0.189. The third kappa shape index (κ3) is 3.54. The van der Waals surface area contributed by atoms with Crippen LogP contribution in [0, 0.1) is 0 Å². The first-order chi connectivity index (χ1) is 9.10. The predicted octanol–water partition coefficient (Wildman–Crippen LogP) is 3.03. The molecule has 0 bridgehead atoms. The molecule has 1 aromatic carbocycles. The average Bonchev–Trinajstić information content (AvgIpc) is 2.85.